The number of aryl methyl sites for hydroxylation is 1. The number of aliphatic hydroxyl groups is 1. The number of aliphatic hydroxyl groups excluding tert-OH is 1. The van der Waals surface area contributed by atoms with Crippen molar-refractivity contribution in [1.29, 1.82) is 0 Å². The van der Waals surface area contributed by atoms with E-state index in [1.54, 1.807) is 0 Å². The molecule has 0 bridgehead atoms. The average molecular weight is 493 g/mol. The number of rotatable bonds is 11. The van der Waals surface area contributed by atoms with Crippen LogP contribution in [0.4, 0.5) is 11.6 Å². The lowest BCUT2D eigenvalue weighted by atomic mass is 10.1. The molecule has 2 rings (SSSR count). The Morgan fingerprint density at radius 1 is 1.12 bits per heavy atom. The van der Waals surface area contributed by atoms with Gasteiger partial charge in [-0.05, 0) is 37.0 Å². The Morgan fingerprint density at radius 3 is 2.50 bits per heavy atom. The second-order valence-corrected chi connectivity index (χ2v) is 7.49. The van der Waals surface area contributed by atoms with E-state index in [9.17, 15) is 9.90 Å². The standard InChI is InChI=1S/C20H29ClN10O3/c21-15-17(23)30-16(22)14(29-15)18(33)31-20(26)27-9-2-1-3-11-4-6-12(7-5-11)34-10-8-13(32)28-19(24)25/h4-7,13,32H,1-3,8-10H2,(H4,22,23,30)(H4,24,25,28)(H3,26,27,31,33). The number of nitrogens with one attached hydrogen (secondary N) is 1. The van der Waals surface area contributed by atoms with Crippen LogP contribution in [-0.2, 0) is 6.42 Å². The molecule has 184 valence electrons. The molecule has 0 radical (unpaired) electrons. The van der Waals surface area contributed by atoms with Crippen LogP contribution in [0.25, 0.3) is 0 Å². The van der Waals surface area contributed by atoms with Gasteiger partial charge in [-0.15, -0.1) is 0 Å². The Morgan fingerprint density at radius 2 is 1.82 bits per heavy atom. The third kappa shape index (κ3) is 8.96. The number of aromatic nitrogens is 2. The van der Waals surface area contributed by atoms with Crippen LogP contribution in [-0.4, -0.2) is 52.3 Å². The first-order chi connectivity index (χ1) is 16.2. The van der Waals surface area contributed by atoms with E-state index in [0.29, 0.717) is 12.3 Å². The highest BCUT2D eigenvalue weighted by Crippen LogP contribution is 2.17. The van der Waals surface area contributed by atoms with Crippen LogP contribution < -0.4 is 38.7 Å². The van der Waals surface area contributed by atoms with Crippen LogP contribution >= 0.6 is 11.6 Å². The van der Waals surface area contributed by atoms with Crippen molar-refractivity contribution in [3.05, 3.63) is 40.7 Å². The molecule has 2 aromatic rings. The molecular formula is C20H29ClN10O3. The Labute approximate surface area is 201 Å². The highest BCUT2D eigenvalue weighted by molar-refractivity contribution is 6.31. The first kappa shape index (κ1) is 26.4. The highest BCUT2D eigenvalue weighted by atomic mass is 35.5. The van der Waals surface area contributed by atoms with E-state index in [2.05, 4.69) is 25.3 Å². The molecule has 0 aliphatic rings. The van der Waals surface area contributed by atoms with Gasteiger partial charge < -0.3 is 38.5 Å². The van der Waals surface area contributed by atoms with Gasteiger partial charge >= 0.3 is 0 Å². The number of nitrogen functional groups attached to an aromatic ring is 2. The van der Waals surface area contributed by atoms with E-state index >= 15 is 0 Å². The summed E-state index contributed by atoms with van der Waals surface area (Å²) in [5, 5.41) is 11.8. The monoisotopic (exact) mass is 492 g/mol. The van der Waals surface area contributed by atoms with Gasteiger partial charge in [-0.2, -0.15) is 0 Å². The molecule has 0 spiro atoms. The first-order valence-electron chi connectivity index (χ1n) is 10.3. The van der Waals surface area contributed by atoms with Crippen molar-refractivity contribution in [3.8, 4) is 5.75 Å². The van der Waals surface area contributed by atoms with Crippen molar-refractivity contribution in [3.63, 3.8) is 0 Å². The van der Waals surface area contributed by atoms with E-state index in [1.807, 2.05) is 24.3 Å². The average Bonchev–Trinajstić information content (AvgIpc) is 2.76. The van der Waals surface area contributed by atoms with Gasteiger partial charge in [0.1, 0.15) is 5.75 Å². The zero-order chi connectivity index (χ0) is 25.1. The van der Waals surface area contributed by atoms with E-state index in [4.69, 9.17) is 45.0 Å². The van der Waals surface area contributed by atoms with Crippen molar-refractivity contribution >= 4 is 41.1 Å². The van der Waals surface area contributed by atoms with Crippen LogP contribution in [0, 0.1) is 0 Å². The van der Waals surface area contributed by atoms with Gasteiger partial charge in [0.05, 0.1) is 6.61 Å². The number of carbonyl (C=O) groups is 1. The van der Waals surface area contributed by atoms with E-state index in [0.717, 1.165) is 24.8 Å². The second-order valence-electron chi connectivity index (χ2n) is 7.13. The second kappa shape index (κ2) is 13.0. The van der Waals surface area contributed by atoms with Crippen molar-refractivity contribution in [2.45, 2.75) is 31.9 Å². The summed E-state index contributed by atoms with van der Waals surface area (Å²) in [5.74, 6) is -0.460. The van der Waals surface area contributed by atoms with Crippen molar-refractivity contribution in [2.75, 3.05) is 24.6 Å². The van der Waals surface area contributed by atoms with Crippen LogP contribution in [0.15, 0.2) is 34.3 Å². The zero-order valence-electron chi connectivity index (χ0n) is 18.4. The summed E-state index contributed by atoms with van der Waals surface area (Å²) in [6, 6.07) is 7.63. The van der Waals surface area contributed by atoms with Crippen LogP contribution in [0.1, 0.15) is 35.3 Å². The Balaban J connectivity index is 1.69. The molecule has 1 heterocycles. The van der Waals surface area contributed by atoms with Gasteiger partial charge in [0, 0.05) is 13.0 Å². The number of guanidine groups is 2. The van der Waals surface area contributed by atoms with Crippen LogP contribution in [0.5, 0.6) is 5.75 Å². The molecule has 0 saturated heterocycles. The topological polar surface area (TPSA) is 239 Å². The summed E-state index contributed by atoms with van der Waals surface area (Å²) in [6.45, 7) is 0.701. The predicted octanol–water partition coefficient (Wildman–Crippen LogP) is -0.277. The normalized spacial score (nSPS) is 12.1. The number of anilines is 2. The van der Waals surface area contributed by atoms with E-state index in [-0.39, 0.29) is 47.4 Å². The molecule has 0 fully saturated rings. The smallest absolute Gasteiger partial charge is 0.280 e. The van der Waals surface area contributed by atoms with Gasteiger partial charge in [0.25, 0.3) is 5.91 Å². The molecule has 1 aromatic heterocycles. The number of amides is 1. The lowest BCUT2D eigenvalue weighted by Crippen LogP contribution is -2.38. The van der Waals surface area contributed by atoms with Crippen LogP contribution in [0.2, 0.25) is 5.15 Å². The summed E-state index contributed by atoms with van der Waals surface area (Å²) in [6.07, 6.45) is 1.74. The number of aliphatic imine (C=N–C) groups is 2. The largest absolute Gasteiger partial charge is 0.493 e. The number of nitrogens with two attached hydrogens (primary N) is 5. The molecule has 34 heavy (non-hydrogen) atoms. The number of unbranched alkanes of at least 4 members (excludes halogenated alkanes) is 1. The minimum absolute atomic E-state index is 0.0643. The fourth-order valence-corrected chi connectivity index (χ4v) is 2.86. The molecule has 1 unspecified atom stereocenters. The van der Waals surface area contributed by atoms with Crippen molar-refractivity contribution < 1.29 is 14.6 Å². The Bertz CT molecular complexity index is 1030. The summed E-state index contributed by atoms with van der Waals surface area (Å²) in [5.41, 5.74) is 28.2. The molecule has 12 N–H and O–H groups in total. The zero-order valence-corrected chi connectivity index (χ0v) is 19.2. The summed E-state index contributed by atoms with van der Waals surface area (Å²) in [7, 11) is 0. The van der Waals surface area contributed by atoms with E-state index < -0.39 is 12.1 Å². The maximum atomic E-state index is 12.2. The third-order valence-corrected chi connectivity index (χ3v) is 4.66. The molecule has 14 heteroatoms. The first-order valence-corrected chi connectivity index (χ1v) is 10.7. The van der Waals surface area contributed by atoms with E-state index in [1.165, 1.54) is 0 Å². The van der Waals surface area contributed by atoms with Gasteiger partial charge in [-0.3, -0.25) is 15.1 Å². The Hall–Kier alpha value is -3.84. The molecule has 1 amide bonds. The van der Waals surface area contributed by atoms with Gasteiger partial charge in [0.2, 0.25) is 0 Å². The van der Waals surface area contributed by atoms with Gasteiger partial charge in [-0.1, -0.05) is 23.7 Å². The maximum Gasteiger partial charge on any atom is 0.280 e. The summed E-state index contributed by atoms with van der Waals surface area (Å²) >= 11 is 5.77. The number of hydrogen-bond acceptors (Lipinski definition) is 9. The molecule has 1 atom stereocenters. The fourth-order valence-electron chi connectivity index (χ4n) is 2.74. The minimum atomic E-state index is -0.989. The molecule has 13 nitrogen and oxygen atoms in total. The maximum absolute atomic E-state index is 12.2. The SMILES string of the molecule is NC(N)=NC(O)CCOc1ccc(CCCCN=C(N)NC(=O)c2nc(Cl)c(N)nc2N)cc1. The van der Waals surface area contributed by atoms with Crippen LogP contribution in [0.3, 0.4) is 0 Å². The molecule has 0 aliphatic carbocycles. The van der Waals surface area contributed by atoms with Gasteiger partial charge in [0.15, 0.2) is 40.6 Å². The number of carbonyl (C=O) groups excluding carboxylic acids is 1. The number of ether oxygens (including phenoxy) is 1. The summed E-state index contributed by atoms with van der Waals surface area (Å²) in [4.78, 5) is 27.5. The number of benzene rings is 1. The number of hydrogen-bond donors (Lipinski definition) is 7. The molecule has 1 aromatic carbocycles. The third-order valence-electron chi connectivity index (χ3n) is 4.38. The fraction of sp³-hybridized carbons (Fsp3) is 0.350. The van der Waals surface area contributed by atoms with Crippen molar-refractivity contribution in [2.24, 2.45) is 27.2 Å². The van der Waals surface area contributed by atoms with Crippen molar-refractivity contribution in [1.82, 2.24) is 15.3 Å². The summed E-state index contributed by atoms with van der Waals surface area (Å²) < 4.78 is 5.56. The lowest BCUT2D eigenvalue weighted by Gasteiger charge is -2.09. The molecule has 0 saturated carbocycles. The quantitative estimate of drug-likeness (QED) is 0.123. The highest BCUT2D eigenvalue weighted by Gasteiger charge is 2.16. The number of nitrogens with zero attached hydrogens (tertiary/aromatic N) is 4. The Kier molecular flexibility index (Phi) is 10.1. The number of halogens is 1. The lowest BCUT2D eigenvalue weighted by molar-refractivity contribution is 0.0972. The predicted molar refractivity (Wildman–Crippen MR) is 131 cm³/mol. The van der Waals surface area contributed by atoms with Gasteiger partial charge in [-0.25, -0.2) is 15.0 Å². The minimum Gasteiger partial charge on any atom is -0.493 e. The molecular weight excluding hydrogens is 464 g/mol. The molecule has 0 aliphatic heterocycles.